The van der Waals surface area contributed by atoms with E-state index in [1.807, 2.05) is 0 Å². The van der Waals surface area contributed by atoms with Crippen LogP contribution in [0, 0.1) is 6.92 Å². The fourth-order valence-electron chi connectivity index (χ4n) is 4.75. The third kappa shape index (κ3) is 2.93. The van der Waals surface area contributed by atoms with Crippen LogP contribution in [0.2, 0.25) is 0 Å². The Morgan fingerprint density at radius 3 is 2.13 bits per heavy atom. The van der Waals surface area contributed by atoms with Crippen LogP contribution in [0.1, 0.15) is 31.9 Å². The van der Waals surface area contributed by atoms with Crippen LogP contribution in [0.4, 0.5) is 0 Å². The molecule has 0 aliphatic rings. The molecule has 0 aliphatic heterocycles. The highest BCUT2D eigenvalue weighted by Gasteiger charge is 2.25. The molecule has 0 amide bonds. The van der Waals surface area contributed by atoms with E-state index >= 15 is 0 Å². The van der Waals surface area contributed by atoms with Crippen molar-refractivity contribution in [1.29, 1.82) is 0 Å². The van der Waals surface area contributed by atoms with Crippen molar-refractivity contribution >= 4 is 21.8 Å². The lowest BCUT2D eigenvalue weighted by atomic mass is 9.79. The Morgan fingerprint density at radius 2 is 1.40 bits per heavy atom. The van der Waals surface area contributed by atoms with E-state index in [9.17, 15) is 0 Å². The molecule has 30 heavy (non-hydrogen) atoms. The first-order chi connectivity index (χ1) is 14.4. The number of hydrogen-bond acceptors (Lipinski definition) is 0. The summed E-state index contributed by atoms with van der Waals surface area (Å²) in [5, 5.41) is 2.68. The zero-order chi connectivity index (χ0) is 20.9. The number of nitrogens with zero attached hydrogens (tertiary/aromatic N) is 1. The van der Waals surface area contributed by atoms with Crippen molar-refractivity contribution < 1.29 is 0 Å². The zero-order valence-electron chi connectivity index (χ0n) is 18.1. The van der Waals surface area contributed by atoms with Gasteiger partial charge >= 0.3 is 0 Å². The van der Waals surface area contributed by atoms with Gasteiger partial charge in [0.1, 0.15) is 0 Å². The standard InChI is InChI=1S/C29H27N/c1-20-11-10-12-21(19-20)23-17-18-26-27(28(23)29(2,3)4)24-15-8-9-16-25(24)30(26)22-13-6-5-7-14-22/h5-19H,1-4H3. The van der Waals surface area contributed by atoms with Gasteiger partial charge in [-0.3, -0.25) is 0 Å². The van der Waals surface area contributed by atoms with Crippen molar-refractivity contribution in [2.75, 3.05) is 0 Å². The first kappa shape index (κ1) is 18.7. The number of rotatable bonds is 2. The van der Waals surface area contributed by atoms with E-state index in [0.29, 0.717) is 0 Å². The molecule has 0 bridgehead atoms. The molecule has 5 rings (SSSR count). The van der Waals surface area contributed by atoms with Crippen LogP contribution in [-0.2, 0) is 5.41 Å². The first-order valence-electron chi connectivity index (χ1n) is 10.6. The highest BCUT2D eigenvalue weighted by Crippen LogP contribution is 2.43. The van der Waals surface area contributed by atoms with Crippen LogP contribution in [-0.4, -0.2) is 4.57 Å². The van der Waals surface area contributed by atoms with Gasteiger partial charge in [-0.25, -0.2) is 0 Å². The molecule has 0 N–H and O–H groups in total. The summed E-state index contributed by atoms with van der Waals surface area (Å²) in [6, 6.07) is 33.0. The normalized spacial score (nSPS) is 12.0. The van der Waals surface area contributed by atoms with Crippen LogP contribution in [0.15, 0.2) is 91.0 Å². The van der Waals surface area contributed by atoms with E-state index in [0.717, 1.165) is 0 Å². The van der Waals surface area contributed by atoms with E-state index < -0.39 is 0 Å². The number of aromatic nitrogens is 1. The maximum Gasteiger partial charge on any atom is 0.0544 e. The number of fused-ring (bicyclic) bond motifs is 3. The second kappa shape index (κ2) is 6.88. The Labute approximate surface area is 178 Å². The van der Waals surface area contributed by atoms with Gasteiger partial charge in [0, 0.05) is 16.5 Å². The molecule has 0 saturated heterocycles. The fraction of sp³-hybridized carbons (Fsp3) is 0.172. The average molecular weight is 390 g/mol. The second-order valence-electron chi connectivity index (χ2n) is 9.19. The van der Waals surface area contributed by atoms with Gasteiger partial charge in [-0.1, -0.05) is 93.1 Å². The minimum atomic E-state index is 0.00420. The lowest BCUT2D eigenvalue weighted by molar-refractivity contribution is 0.598. The number of aryl methyl sites for hydroxylation is 1. The third-order valence-corrected chi connectivity index (χ3v) is 5.93. The average Bonchev–Trinajstić information content (AvgIpc) is 3.07. The molecule has 148 valence electrons. The van der Waals surface area contributed by atoms with Gasteiger partial charge < -0.3 is 4.57 Å². The summed E-state index contributed by atoms with van der Waals surface area (Å²) >= 11 is 0. The number of benzene rings is 4. The highest BCUT2D eigenvalue weighted by molar-refractivity contribution is 6.13. The van der Waals surface area contributed by atoms with Gasteiger partial charge in [-0.05, 0) is 53.3 Å². The number of para-hydroxylation sites is 2. The molecule has 0 unspecified atom stereocenters. The van der Waals surface area contributed by atoms with Crippen LogP contribution >= 0.6 is 0 Å². The maximum atomic E-state index is 2.40. The van der Waals surface area contributed by atoms with Crippen molar-refractivity contribution in [3.05, 3.63) is 102 Å². The first-order valence-corrected chi connectivity index (χ1v) is 10.6. The zero-order valence-corrected chi connectivity index (χ0v) is 18.1. The molecule has 0 radical (unpaired) electrons. The SMILES string of the molecule is Cc1cccc(-c2ccc3c(c2C(C)(C)C)c2ccccc2n3-c2ccccc2)c1. The molecule has 1 heteroatoms. The largest absolute Gasteiger partial charge is 0.309 e. The molecule has 0 aliphatic carbocycles. The van der Waals surface area contributed by atoms with E-state index in [1.54, 1.807) is 0 Å². The summed E-state index contributed by atoms with van der Waals surface area (Å²) in [6.45, 7) is 9.15. The van der Waals surface area contributed by atoms with Crippen molar-refractivity contribution in [2.24, 2.45) is 0 Å². The molecular weight excluding hydrogens is 362 g/mol. The summed E-state index contributed by atoms with van der Waals surface area (Å²) in [5.74, 6) is 0. The maximum absolute atomic E-state index is 2.40. The third-order valence-electron chi connectivity index (χ3n) is 5.93. The van der Waals surface area contributed by atoms with Crippen molar-refractivity contribution in [3.63, 3.8) is 0 Å². The Balaban J connectivity index is 1.97. The predicted molar refractivity (Wildman–Crippen MR) is 130 cm³/mol. The van der Waals surface area contributed by atoms with Gasteiger partial charge in [-0.2, -0.15) is 0 Å². The summed E-state index contributed by atoms with van der Waals surface area (Å²) in [6.07, 6.45) is 0. The molecule has 0 fully saturated rings. The van der Waals surface area contributed by atoms with Crippen molar-refractivity contribution in [2.45, 2.75) is 33.1 Å². The molecule has 1 heterocycles. The predicted octanol–water partition coefficient (Wildman–Crippen LogP) is 8.06. The van der Waals surface area contributed by atoms with Gasteiger partial charge in [0.05, 0.1) is 11.0 Å². The van der Waals surface area contributed by atoms with Crippen molar-refractivity contribution in [3.8, 4) is 16.8 Å². The summed E-state index contributed by atoms with van der Waals surface area (Å²) in [5.41, 5.74) is 9.05. The topological polar surface area (TPSA) is 4.93 Å². The van der Waals surface area contributed by atoms with Crippen LogP contribution in [0.25, 0.3) is 38.6 Å². The molecule has 0 spiro atoms. The Morgan fingerprint density at radius 1 is 0.667 bits per heavy atom. The second-order valence-corrected chi connectivity index (χ2v) is 9.19. The van der Waals surface area contributed by atoms with E-state index in [2.05, 4.69) is 123 Å². The highest BCUT2D eigenvalue weighted by atomic mass is 15.0. The van der Waals surface area contributed by atoms with Crippen molar-refractivity contribution in [1.82, 2.24) is 4.57 Å². The molecule has 1 nitrogen and oxygen atoms in total. The molecule has 4 aromatic carbocycles. The Hall–Kier alpha value is -3.32. The smallest absolute Gasteiger partial charge is 0.0544 e. The molecule has 0 saturated carbocycles. The van der Waals surface area contributed by atoms with Crippen LogP contribution < -0.4 is 0 Å². The molecule has 0 atom stereocenters. The van der Waals surface area contributed by atoms with Gasteiger partial charge in [0.15, 0.2) is 0 Å². The Bertz CT molecular complexity index is 1360. The summed E-state index contributed by atoms with van der Waals surface area (Å²) < 4.78 is 2.40. The lowest BCUT2D eigenvalue weighted by Crippen LogP contribution is -2.13. The Kier molecular flexibility index (Phi) is 4.29. The van der Waals surface area contributed by atoms with E-state index in [1.165, 1.54) is 49.7 Å². The van der Waals surface area contributed by atoms with E-state index in [-0.39, 0.29) is 5.41 Å². The van der Waals surface area contributed by atoms with Crippen LogP contribution in [0.5, 0.6) is 0 Å². The fourth-order valence-corrected chi connectivity index (χ4v) is 4.75. The van der Waals surface area contributed by atoms with Gasteiger partial charge in [0.25, 0.3) is 0 Å². The minimum Gasteiger partial charge on any atom is -0.309 e. The lowest BCUT2D eigenvalue weighted by Gasteiger charge is -2.25. The summed E-state index contributed by atoms with van der Waals surface area (Å²) in [7, 11) is 0. The van der Waals surface area contributed by atoms with Gasteiger partial charge in [0.2, 0.25) is 0 Å². The number of hydrogen-bond donors (Lipinski definition) is 0. The summed E-state index contributed by atoms with van der Waals surface area (Å²) in [4.78, 5) is 0. The van der Waals surface area contributed by atoms with E-state index in [4.69, 9.17) is 0 Å². The minimum absolute atomic E-state index is 0.00420. The molecular formula is C29H27N. The quantitative estimate of drug-likeness (QED) is 0.288. The monoisotopic (exact) mass is 389 g/mol. The molecule has 1 aromatic heterocycles. The van der Waals surface area contributed by atoms with Crippen LogP contribution in [0.3, 0.4) is 0 Å². The molecule has 5 aromatic rings. The van der Waals surface area contributed by atoms with Gasteiger partial charge in [-0.15, -0.1) is 0 Å².